The minimum Gasteiger partial charge on any atom is -0.375 e. The van der Waals surface area contributed by atoms with Gasteiger partial charge in [0.05, 0.1) is 24.5 Å². The molecular weight excluding hydrogens is 278 g/mol. The molecule has 1 aromatic heterocycles. The van der Waals surface area contributed by atoms with Crippen LogP contribution in [0.5, 0.6) is 0 Å². The van der Waals surface area contributed by atoms with Crippen LogP contribution in [-0.2, 0) is 11.2 Å². The lowest BCUT2D eigenvalue weighted by Gasteiger charge is -2.32. The number of aromatic amines is 1. The monoisotopic (exact) mass is 299 g/mol. The Labute approximate surface area is 130 Å². The summed E-state index contributed by atoms with van der Waals surface area (Å²) in [7, 11) is 0. The SMILES string of the molecule is O=C(c1cn[nH]c1)N1CCOC(CCCc2ccccc2)C1. The van der Waals surface area contributed by atoms with Crippen molar-refractivity contribution >= 4 is 5.91 Å². The number of ether oxygens (including phenoxy) is 1. The number of H-pyrrole nitrogens is 1. The zero-order valence-corrected chi connectivity index (χ0v) is 12.6. The molecule has 1 aliphatic rings. The maximum absolute atomic E-state index is 12.3. The third-order valence-corrected chi connectivity index (χ3v) is 4.01. The van der Waals surface area contributed by atoms with Crippen molar-refractivity contribution < 1.29 is 9.53 Å². The van der Waals surface area contributed by atoms with Gasteiger partial charge in [0.15, 0.2) is 0 Å². The quantitative estimate of drug-likeness (QED) is 0.921. The van der Waals surface area contributed by atoms with Gasteiger partial charge in [0.1, 0.15) is 0 Å². The predicted molar refractivity (Wildman–Crippen MR) is 83.6 cm³/mol. The largest absolute Gasteiger partial charge is 0.375 e. The summed E-state index contributed by atoms with van der Waals surface area (Å²) in [6.07, 6.45) is 6.45. The third kappa shape index (κ3) is 3.74. The number of nitrogens with zero attached hydrogens (tertiary/aromatic N) is 2. The molecule has 5 heteroatoms. The van der Waals surface area contributed by atoms with Gasteiger partial charge in [0.2, 0.25) is 0 Å². The van der Waals surface area contributed by atoms with Gasteiger partial charge in [-0.1, -0.05) is 30.3 Å². The van der Waals surface area contributed by atoms with Crippen molar-refractivity contribution in [3.63, 3.8) is 0 Å². The molecule has 22 heavy (non-hydrogen) atoms. The molecule has 2 aromatic rings. The molecule has 2 heterocycles. The molecule has 5 nitrogen and oxygen atoms in total. The van der Waals surface area contributed by atoms with Crippen molar-refractivity contribution in [1.29, 1.82) is 0 Å². The Morgan fingerprint density at radius 2 is 2.23 bits per heavy atom. The molecule has 1 amide bonds. The average Bonchev–Trinajstić information content (AvgIpc) is 3.10. The number of carbonyl (C=O) groups excluding carboxylic acids is 1. The fourth-order valence-electron chi connectivity index (χ4n) is 2.81. The van der Waals surface area contributed by atoms with Crippen molar-refractivity contribution in [2.45, 2.75) is 25.4 Å². The van der Waals surface area contributed by atoms with E-state index in [0.29, 0.717) is 25.3 Å². The van der Waals surface area contributed by atoms with Crippen LogP contribution in [0.1, 0.15) is 28.8 Å². The first-order valence-electron chi connectivity index (χ1n) is 7.76. The fraction of sp³-hybridized carbons (Fsp3) is 0.412. The van der Waals surface area contributed by atoms with E-state index in [1.165, 1.54) is 5.56 Å². The lowest BCUT2D eigenvalue weighted by molar-refractivity contribution is -0.0255. The van der Waals surface area contributed by atoms with E-state index in [-0.39, 0.29) is 12.0 Å². The number of morpholine rings is 1. The van der Waals surface area contributed by atoms with E-state index in [0.717, 1.165) is 19.3 Å². The van der Waals surface area contributed by atoms with Crippen molar-refractivity contribution in [3.8, 4) is 0 Å². The second kappa shape index (κ2) is 7.22. The summed E-state index contributed by atoms with van der Waals surface area (Å²) in [6.45, 7) is 1.93. The standard InChI is InChI=1S/C17H21N3O2/c21-17(15-11-18-19-12-15)20-9-10-22-16(13-20)8-4-7-14-5-2-1-3-6-14/h1-3,5-6,11-12,16H,4,7-10,13H2,(H,18,19). The number of benzene rings is 1. The molecule has 1 fully saturated rings. The van der Waals surface area contributed by atoms with Crippen LogP contribution in [0.2, 0.25) is 0 Å². The van der Waals surface area contributed by atoms with E-state index in [9.17, 15) is 4.79 Å². The predicted octanol–water partition coefficient (Wildman–Crippen LogP) is 2.27. The normalized spacial score (nSPS) is 18.4. The molecular formula is C17H21N3O2. The van der Waals surface area contributed by atoms with Gasteiger partial charge in [-0.05, 0) is 24.8 Å². The zero-order valence-electron chi connectivity index (χ0n) is 12.6. The van der Waals surface area contributed by atoms with Gasteiger partial charge in [0, 0.05) is 19.3 Å². The molecule has 1 atom stereocenters. The molecule has 1 unspecified atom stereocenters. The third-order valence-electron chi connectivity index (χ3n) is 4.01. The Kier molecular flexibility index (Phi) is 4.85. The number of aryl methyl sites for hydroxylation is 1. The van der Waals surface area contributed by atoms with E-state index in [2.05, 4.69) is 34.5 Å². The van der Waals surface area contributed by atoms with Crippen molar-refractivity contribution in [2.24, 2.45) is 0 Å². The number of rotatable bonds is 5. The summed E-state index contributed by atoms with van der Waals surface area (Å²) >= 11 is 0. The van der Waals surface area contributed by atoms with Gasteiger partial charge < -0.3 is 9.64 Å². The first kappa shape index (κ1) is 14.8. The highest BCUT2D eigenvalue weighted by molar-refractivity contribution is 5.93. The van der Waals surface area contributed by atoms with Crippen LogP contribution in [0, 0.1) is 0 Å². The summed E-state index contributed by atoms with van der Waals surface area (Å²) < 4.78 is 5.80. The highest BCUT2D eigenvalue weighted by Gasteiger charge is 2.25. The van der Waals surface area contributed by atoms with Crippen molar-refractivity contribution in [2.75, 3.05) is 19.7 Å². The van der Waals surface area contributed by atoms with Crippen LogP contribution in [0.3, 0.4) is 0 Å². The van der Waals surface area contributed by atoms with Gasteiger partial charge in [0.25, 0.3) is 5.91 Å². The Hall–Kier alpha value is -2.14. The van der Waals surface area contributed by atoms with Crippen LogP contribution in [0.25, 0.3) is 0 Å². The maximum Gasteiger partial charge on any atom is 0.257 e. The van der Waals surface area contributed by atoms with Crippen LogP contribution in [0.15, 0.2) is 42.7 Å². The minimum absolute atomic E-state index is 0.0325. The van der Waals surface area contributed by atoms with Gasteiger partial charge in [-0.25, -0.2) is 0 Å². The molecule has 116 valence electrons. The Balaban J connectivity index is 1.47. The molecule has 1 aliphatic heterocycles. The Morgan fingerprint density at radius 1 is 1.36 bits per heavy atom. The van der Waals surface area contributed by atoms with Gasteiger partial charge in [-0.2, -0.15) is 5.10 Å². The van der Waals surface area contributed by atoms with Crippen molar-refractivity contribution in [1.82, 2.24) is 15.1 Å². The van der Waals surface area contributed by atoms with Crippen LogP contribution < -0.4 is 0 Å². The van der Waals surface area contributed by atoms with E-state index in [1.807, 2.05) is 11.0 Å². The van der Waals surface area contributed by atoms with E-state index < -0.39 is 0 Å². The van der Waals surface area contributed by atoms with Gasteiger partial charge in [-0.15, -0.1) is 0 Å². The van der Waals surface area contributed by atoms with E-state index in [1.54, 1.807) is 12.4 Å². The molecule has 0 saturated carbocycles. The van der Waals surface area contributed by atoms with Crippen molar-refractivity contribution in [3.05, 3.63) is 53.9 Å². The lowest BCUT2D eigenvalue weighted by Crippen LogP contribution is -2.45. The Morgan fingerprint density at radius 3 is 3.00 bits per heavy atom. The summed E-state index contributed by atoms with van der Waals surface area (Å²) in [5.74, 6) is 0.0325. The topological polar surface area (TPSA) is 58.2 Å². The first-order chi connectivity index (χ1) is 10.8. The molecule has 0 spiro atoms. The minimum atomic E-state index is 0.0325. The molecule has 0 aliphatic carbocycles. The average molecular weight is 299 g/mol. The van der Waals surface area contributed by atoms with Crippen LogP contribution in [0.4, 0.5) is 0 Å². The second-order valence-corrected chi connectivity index (χ2v) is 5.61. The Bertz CT molecular complexity index is 583. The zero-order chi connectivity index (χ0) is 15.2. The van der Waals surface area contributed by atoms with E-state index >= 15 is 0 Å². The molecule has 1 aromatic carbocycles. The summed E-state index contributed by atoms with van der Waals surface area (Å²) in [5, 5.41) is 6.52. The number of amides is 1. The van der Waals surface area contributed by atoms with Gasteiger partial charge >= 0.3 is 0 Å². The number of carbonyl (C=O) groups is 1. The number of nitrogens with one attached hydrogen (secondary N) is 1. The first-order valence-corrected chi connectivity index (χ1v) is 7.76. The number of aromatic nitrogens is 2. The van der Waals surface area contributed by atoms with Crippen LogP contribution >= 0.6 is 0 Å². The highest BCUT2D eigenvalue weighted by atomic mass is 16.5. The maximum atomic E-state index is 12.3. The number of hydrogen-bond acceptors (Lipinski definition) is 3. The summed E-state index contributed by atoms with van der Waals surface area (Å²) in [4.78, 5) is 14.2. The number of hydrogen-bond donors (Lipinski definition) is 1. The molecule has 0 bridgehead atoms. The smallest absolute Gasteiger partial charge is 0.257 e. The van der Waals surface area contributed by atoms with Crippen LogP contribution in [-0.4, -0.2) is 46.8 Å². The fourth-order valence-corrected chi connectivity index (χ4v) is 2.81. The molecule has 3 rings (SSSR count). The lowest BCUT2D eigenvalue weighted by atomic mass is 10.0. The summed E-state index contributed by atoms with van der Waals surface area (Å²) in [5.41, 5.74) is 1.97. The molecule has 1 N–H and O–H groups in total. The molecule has 0 radical (unpaired) electrons. The van der Waals surface area contributed by atoms with Gasteiger partial charge in [-0.3, -0.25) is 9.89 Å². The molecule has 1 saturated heterocycles. The van der Waals surface area contributed by atoms with E-state index in [4.69, 9.17) is 4.74 Å². The highest BCUT2D eigenvalue weighted by Crippen LogP contribution is 2.15. The summed E-state index contributed by atoms with van der Waals surface area (Å²) in [6, 6.07) is 10.5. The second-order valence-electron chi connectivity index (χ2n) is 5.61.